The monoisotopic (exact) mass is 146 g/mol. The van der Waals surface area contributed by atoms with Crippen LogP contribution in [0.4, 0.5) is 0 Å². The molecule has 0 aliphatic carbocycles. The van der Waals surface area contributed by atoms with Crippen molar-refractivity contribution in [3.8, 4) is 0 Å². The van der Waals surface area contributed by atoms with E-state index in [9.17, 15) is 4.79 Å². The number of aliphatic hydroxyl groups excluding tert-OH is 1. The number of carbonyl (C=O) groups excluding carboxylic acids is 1. The fraction of sp³-hybridized carbons (Fsp3) is 0.857. The maximum Gasteiger partial charge on any atom is 0.135 e. The van der Waals surface area contributed by atoms with Crippen molar-refractivity contribution < 1.29 is 14.6 Å². The summed E-state index contributed by atoms with van der Waals surface area (Å²) < 4.78 is 4.80. The predicted molar refractivity (Wildman–Crippen MR) is 37.8 cm³/mol. The summed E-state index contributed by atoms with van der Waals surface area (Å²) in [6, 6.07) is 0. The first-order valence-electron chi connectivity index (χ1n) is 3.40. The van der Waals surface area contributed by atoms with Crippen LogP contribution in [-0.4, -0.2) is 30.7 Å². The summed E-state index contributed by atoms with van der Waals surface area (Å²) in [4.78, 5) is 10.7. The van der Waals surface area contributed by atoms with Gasteiger partial charge in [0.1, 0.15) is 5.78 Å². The first-order chi connectivity index (χ1) is 4.74. The first kappa shape index (κ1) is 9.59. The van der Waals surface area contributed by atoms with Crippen LogP contribution in [-0.2, 0) is 9.53 Å². The van der Waals surface area contributed by atoms with Gasteiger partial charge in [0, 0.05) is 20.0 Å². The van der Waals surface area contributed by atoms with Gasteiger partial charge in [-0.2, -0.15) is 0 Å². The minimum atomic E-state index is -0.313. The van der Waals surface area contributed by atoms with Crippen LogP contribution in [0, 0.1) is 0 Å². The van der Waals surface area contributed by atoms with E-state index >= 15 is 0 Å². The molecule has 0 aliphatic heterocycles. The molecule has 0 amide bonds. The van der Waals surface area contributed by atoms with Gasteiger partial charge in [-0.1, -0.05) is 6.92 Å². The second kappa shape index (κ2) is 5.38. The Balaban J connectivity index is 3.52. The topological polar surface area (TPSA) is 46.5 Å². The highest BCUT2D eigenvalue weighted by Crippen LogP contribution is 1.98. The molecule has 3 heteroatoms. The number of carbonyl (C=O) groups is 1. The second-order valence-electron chi connectivity index (χ2n) is 2.14. The van der Waals surface area contributed by atoms with Crippen LogP contribution in [0.5, 0.6) is 0 Å². The van der Waals surface area contributed by atoms with Crippen LogP contribution in [0.3, 0.4) is 0 Å². The number of rotatable bonds is 5. The summed E-state index contributed by atoms with van der Waals surface area (Å²) >= 11 is 0. The van der Waals surface area contributed by atoms with Crippen molar-refractivity contribution in [2.75, 3.05) is 13.7 Å². The van der Waals surface area contributed by atoms with Gasteiger partial charge in [0.2, 0.25) is 0 Å². The Kier molecular flexibility index (Phi) is 5.16. The molecule has 1 atom stereocenters. The molecule has 0 aromatic carbocycles. The zero-order valence-electron chi connectivity index (χ0n) is 6.46. The third kappa shape index (κ3) is 3.58. The van der Waals surface area contributed by atoms with Crippen LogP contribution in [0.1, 0.15) is 19.8 Å². The van der Waals surface area contributed by atoms with Crippen molar-refractivity contribution in [3.63, 3.8) is 0 Å². The molecule has 0 fully saturated rings. The molecule has 0 saturated heterocycles. The van der Waals surface area contributed by atoms with Crippen molar-refractivity contribution in [1.29, 1.82) is 0 Å². The third-order valence-electron chi connectivity index (χ3n) is 1.39. The molecule has 60 valence electrons. The Labute approximate surface area is 61.0 Å². The average Bonchev–Trinajstić information content (AvgIpc) is 1.99. The molecule has 3 nitrogen and oxygen atoms in total. The van der Waals surface area contributed by atoms with Crippen molar-refractivity contribution in [3.05, 3.63) is 0 Å². The van der Waals surface area contributed by atoms with E-state index in [1.54, 1.807) is 6.92 Å². The number of hydrogen-bond donors (Lipinski definition) is 1. The summed E-state index contributed by atoms with van der Waals surface area (Å²) in [5, 5.41) is 8.59. The van der Waals surface area contributed by atoms with Gasteiger partial charge in [0.15, 0.2) is 0 Å². The van der Waals surface area contributed by atoms with Gasteiger partial charge in [0.05, 0.1) is 12.7 Å². The van der Waals surface area contributed by atoms with Crippen molar-refractivity contribution >= 4 is 5.78 Å². The summed E-state index contributed by atoms with van der Waals surface area (Å²) in [6.45, 7) is 1.72. The number of ketones is 1. The van der Waals surface area contributed by atoms with E-state index in [1.165, 1.54) is 7.11 Å². The lowest BCUT2D eigenvalue weighted by Crippen LogP contribution is -2.19. The molecule has 0 spiro atoms. The number of Topliss-reactive ketones (excluding diaryl/α,β-unsaturated/α-hetero) is 1. The van der Waals surface area contributed by atoms with Crippen molar-refractivity contribution in [2.45, 2.75) is 25.9 Å². The maximum absolute atomic E-state index is 10.7. The zero-order valence-corrected chi connectivity index (χ0v) is 6.46. The molecule has 0 bridgehead atoms. The molecular weight excluding hydrogens is 132 g/mol. The molecular formula is C7H14O3. The second-order valence-corrected chi connectivity index (χ2v) is 2.14. The van der Waals surface area contributed by atoms with Crippen LogP contribution >= 0.6 is 0 Å². The summed E-state index contributed by atoms with van der Waals surface area (Å²) in [7, 11) is 1.49. The molecule has 1 unspecified atom stereocenters. The fourth-order valence-corrected chi connectivity index (χ4v) is 0.621. The standard InChI is InChI=1S/C7H14O3/c1-3-6(9)4-7(5-8)10-2/h7-8H,3-5H2,1-2H3. The zero-order chi connectivity index (χ0) is 7.98. The van der Waals surface area contributed by atoms with Crippen LogP contribution < -0.4 is 0 Å². The number of ether oxygens (including phenoxy) is 1. The van der Waals surface area contributed by atoms with E-state index in [4.69, 9.17) is 9.84 Å². The Morgan fingerprint density at radius 2 is 2.30 bits per heavy atom. The van der Waals surface area contributed by atoms with Gasteiger partial charge >= 0.3 is 0 Å². The lowest BCUT2D eigenvalue weighted by molar-refractivity contribution is -0.121. The maximum atomic E-state index is 10.7. The molecule has 0 radical (unpaired) electrons. The van der Waals surface area contributed by atoms with Crippen LogP contribution in [0.25, 0.3) is 0 Å². The lowest BCUT2D eigenvalue weighted by atomic mass is 10.1. The van der Waals surface area contributed by atoms with Crippen molar-refractivity contribution in [1.82, 2.24) is 0 Å². The minimum Gasteiger partial charge on any atom is -0.394 e. The van der Waals surface area contributed by atoms with E-state index in [0.717, 1.165) is 0 Å². The number of methoxy groups -OCH3 is 1. The lowest BCUT2D eigenvalue weighted by Gasteiger charge is -2.09. The largest absolute Gasteiger partial charge is 0.394 e. The summed E-state index contributed by atoms with van der Waals surface area (Å²) in [6.07, 6.45) is 0.524. The molecule has 0 rings (SSSR count). The van der Waals surface area contributed by atoms with Gasteiger partial charge in [-0.15, -0.1) is 0 Å². The molecule has 10 heavy (non-hydrogen) atoms. The van der Waals surface area contributed by atoms with Gasteiger partial charge in [-0.3, -0.25) is 4.79 Å². The molecule has 0 aromatic heterocycles. The number of aliphatic hydroxyl groups is 1. The van der Waals surface area contributed by atoms with E-state index < -0.39 is 0 Å². The van der Waals surface area contributed by atoms with E-state index in [2.05, 4.69) is 0 Å². The van der Waals surface area contributed by atoms with Gasteiger partial charge in [-0.05, 0) is 0 Å². The SMILES string of the molecule is CCC(=O)CC(CO)OC. The van der Waals surface area contributed by atoms with E-state index in [0.29, 0.717) is 12.8 Å². The molecule has 0 saturated carbocycles. The number of hydrogen-bond acceptors (Lipinski definition) is 3. The first-order valence-corrected chi connectivity index (χ1v) is 3.40. The molecule has 0 aromatic rings. The Hall–Kier alpha value is -0.410. The highest BCUT2D eigenvalue weighted by atomic mass is 16.5. The third-order valence-corrected chi connectivity index (χ3v) is 1.39. The van der Waals surface area contributed by atoms with E-state index in [-0.39, 0.29) is 18.5 Å². The van der Waals surface area contributed by atoms with Crippen molar-refractivity contribution in [2.24, 2.45) is 0 Å². The smallest absolute Gasteiger partial charge is 0.135 e. The molecule has 1 N–H and O–H groups in total. The average molecular weight is 146 g/mol. The van der Waals surface area contributed by atoms with Crippen LogP contribution in [0.2, 0.25) is 0 Å². The minimum absolute atomic E-state index is 0.0811. The quantitative estimate of drug-likeness (QED) is 0.609. The Morgan fingerprint density at radius 3 is 2.60 bits per heavy atom. The van der Waals surface area contributed by atoms with Crippen LogP contribution in [0.15, 0.2) is 0 Å². The normalized spacial score (nSPS) is 13.1. The summed E-state index contributed by atoms with van der Waals surface area (Å²) in [5.74, 6) is 0.126. The fourth-order valence-electron chi connectivity index (χ4n) is 0.621. The van der Waals surface area contributed by atoms with Gasteiger partial charge in [-0.25, -0.2) is 0 Å². The summed E-state index contributed by atoms with van der Waals surface area (Å²) in [5.41, 5.74) is 0. The highest BCUT2D eigenvalue weighted by molar-refractivity contribution is 5.78. The Bertz CT molecular complexity index is 97.0. The van der Waals surface area contributed by atoms with Gasteiger partial charge < -0.3 is 9.84 Å². The predicted octanol–water partition coefficient (Wildman–Crippen LogP) is 0.363. The van der Waals surface area contributed by atoms with E-state index in [1.807, 2.05) is 0 Å². The highest BCUT2D eigenvalue weighted by Gasteiger charge is 2.09. The Morgan fingerprint density at radius 1 is 1.70 bits per heavy atom. The molecule has 0 aliphatic rings. The molecule has 0 heterocycles. The van der Waals surface area contributed by atoms with Gasteiger partial charge in [0.25, 0.3) is 0 Å².